The largest absolute Gasteiger partial charge is 0.497 e. The van der Waals surface area contributed by atoms with Gasteiger partial charge in [-0.05, 0) is 66.3 Å². The molecule has 5 heteroatoms. The van der Waals surface area contributed by atoms with E-state index in [1.165, 1.54) is 0 Å². The van der Waals surface area contributed by atoms with Gasteiger partial charge < -0.3 is 20.1 Å². The SMILES string of the molecule is CCCOc1ccc(C2Nc3ccccc3NC3=C2C(=O)CC(c2ccc(OC)cc2)C3)cc1. The average Bonchev–Trinajstić information content (AvgIpc) is 3.05. The van der Waals surface area contributed by atoms with Crippen molar-refractivity contribution in [3.8, 4) is 11.5 Å². The van der Waals surface area contributed by atoms with E-state index in [2.05, 4.69) is 54.0 Å². The molecule has 0 saturated carbocycles. The number of allylic oxidation sites excluding steroid dienone is 1. The zero-order valence-electron chi connectivity index (χ0n) is 19.6. The Morgan fingerprint density at radius 1 is 0.853 bits per heavy atom. The summed E-state index contributed by atoms with van der Waals surface area (Å²) in [4.78, 5) is 13.6. The molecule has 3 aromatic rings. The minimum atomic E-state index is -0.226. The van der Waals surface area contributed by atoms with E-state index in [9.17, 15) is 4.79 Å². The molecular weight excluding hydrogens is 424 g/mol. The van der Waals surface area contributed by atoms with E-state index in [-0.39, 0.29) is 17.7 Å². The van der Waals surface area contributed by atoms with Crippen LogP contribution in [0.5, 0.6) is 11.5 Å². The molecule has 2 aliphatic rings. The summed E-state index contributed by atoms with van der Waals surface area (Å²) in [5.41, 5.74) is 5.99. The molecule has 5 rings (SSSR count). The molecule has 2 unspecified atom stereocenters. The normalized spacial score (nSPS) is 19.3. The maximum absolute atomic E-state index is 13.6. The zero-order valence-corrected chi connectivity index (χ0v) is 19.6. The molecule has 1 aliphatic heterocycles. The van der Waals surface area contributed by atoms with Gasteiger partial charge in [0.25, 0.3) is 0 Å². The van der Waals surface area contributed by atoms with Gasteiger partial charge in [0.15, 0.2) is 5.78 Å². The molecule has 3 aromatic carbocycles. The van der Waals surface area contributed by atoms with Crippen LogP contribution in [0.2, 0.25) is 0 Å². The Hall–Kier alpha value is -3.73. The Balaban J connectivity index is 1.51. The summed E-state index contributed by atoms with van der Waals surface area (Å²) in [6, 6.07) is 24.1. The molecule has 5 nitrogen and oxygen atoms in total. The summed E-state index contributed by atoms with van der Waals surface area (Å²) >= 11 is 0. The fourth-order valence-electron chi connectivity index (χ4n) is 4.83. The number of rotatable bonds is 6. The third-order valence-electron chi connectivity index (χ3n) is 6.58. The minimum Gasteiger partial charge on any atom is -0.497 e. The summed E-state index contributed by atoms with van der Waals surface area (Å²) < 4.78 is 11.1. The van der Waals surface area contributed by atoms with Gasteiger partial charge in [0, 0.05) is 17.7 Å². The Morgan fingerprint density at radius 3 is 2.24 bits per heavy atom. The van der Waals surface area contributed by atoms with Crippen LogP contribution in [0.15, 0.2) is 84.1 Å². The molecule has 0 spiro atoms. The van der Waals surface area contributed by atoms with Crippen LogP contribution < -0.4 is 20.1 Å². The lowest BCUT2D eigenvalue weighted by Crippen LogP contribution is -2.26. The number of nitrogens with one attached hydrogen (secondary N) is 2. The first-order valence-corrected chi connectivity index (χ1v) is 11.9. The third-order valence-corrected chi connectivity index (χ3v) is 6.58. The number of benzene rings is 3. The maximum atomic E-state index is 13.6. The number of anilines is 2. The molecular formula is C29H30N2O3. The van der Waals surface area contributed by atoms with Crippen molar-refractivity contribution in [1.82, 2.24) is 0 Å². The number of fused-ring (bicyclic) bond motifs is 1. The lowest BCUT2D eigenvalue weighted by atomic mass is 9.78. The van der Waals surface area contributed by atoms with Crippen LogP contribution in [-0.4, -0.2) is 19.5 Å². The highest BCUT2D eigenvalue weighted by atomic mass is 16.5. The Morgan fingerprint density at radius 2 is 1.53 bits per heavy atom. The van der Waals surface area contributed by atoms with Gasteiger partial charge in [-0.25, -0.2) is 0 Å². The van der Waals surface area contributed by atoms with Gasteiger partial charge in [0.05, 0.1) is 31.1 Å². The predicted molar refractivity (Wildman–Crippen MR) is 136 cm³/mol. The molecule has 174 valence electrons. The average molecular weight is 455 g/mol. The van der Waals surface area contributed by atoms with Crippen LogP contribution in [0.25, 0.3) is 0 Å². The number of hydrogen-bond donors (Lipinski definition) is 2. The van der Waals surface area contributed by atoms with Crippen molar-refractivity contribution in [2.24, 2.45) is 0 Å². The second-order valence-electron chi connectivity index (χ2n) is 8.86. The number of para-hydroxylation sites is 2. The summed E-state index contributed by atoms with van der Waals surface area (Å²) in [5.74, 6) is 1.97. The van der Waals surface area contributed by atoms with Crippen molar-refractivity contribution < 1.29 is 14.3 Å². The number of hydrogen-bond acceptors (Lipinski definition) is 5. The van der Waals surface area contributed by atoms with E-state index in [0.717, 1.165) is 58.1 Å². The summed E-state index contributed by atoms with van der Waals surface area (Å²) in [5, 5.41) is 7.24. The molecule has 34 heavy (non-hydrogen) atoms. The van der Waals surface area contributed by atoms with Crippen LogP contribution in [0.3, 0.4) is 0 Å². The first-order chi connectivity index (χ1) is 16.7. The monoisotopic (exact) mass is 454 g/mol. The number of Topliss-reactive ketones (excluding diaryl/α,β-unsaturated/α-hetero) is 1. The fraction of sp³-hybridized carbons (Fsp3) is 0.276. The molecule has 0 radical (unpaired) electrons. The fourth-order valence-corrected chi connectivity index (χ4v) is 4.83. The van der Waals surface area contributed by atoms with Crippen LogP contribution in [-0.2, 0) is 4.79 Å². The Labute approximate surface area is 200 Å². The Kier molecular flexibility index (Phi) is 6.26. The number of carbonyl (C=O) groups is 1. The highest BCUT2D eigenvalue weighted by Gasteiger charge is 2.36. The van der Waals surface area contributed by atoms with Gasteiger partial charge >= 0.3 is 0 Å². The lowest BCUT2D eigenvalue weighted by molar-refractivity contribution is -0.116. The Bertz CT molecular complexity index is 1200. The van der Waals surface area contributed by atoms with E-state index < -0.39 is 0 Å². The van der Waals surface area contributed by atoms with Crippen molar-refractivity contribution in [3.05, 3.63) is 95.2 Å². The van der Waals surface area contributed by atoms with Crippen molar-refractivity contribution >= 4 is 17.2 Å². The van der Waals surface area contributed by atoms with E-state index >= 15 is 0 Å². The van der Waals surface area contributed by atoms with Gasteiger partial charge in [-0.1, -0.05) is 43.3 Å². The van der Waals surface area contributed by atoms with E-state index in [4.69, 9.17) is 9.47 Å². The molecule has 0 aromatic heterocycles. The van der Waals surface area contributed by atoms with Gasteiger partial charge in [-0.15, -0.1) is 0 Å². The zero-order chi connectivity index (χ0) is 23.5. The van der Waals surface area contributed by atoms with Crippen molar-refractivity contribution in [2.45, 2.75) is 38.1 Å². The molecule has 0 bridgehead atoms. The molecule has 0 saturated heterocycles. The second kappa shape index (κ2) is 9.64. The molecule has 2 N–H and O–H groups in total. The second-order valence-corrected chi connectivity index (χ2v) is 8.86. The van der Waals surface area contributed by atoms with E-state index in [1.807, 2.05) is 36.4 Å². The van der Waals surface area contributed by atoms with Gasteiger partial charge in [-0.3, -0.25) is 4.79 Å². The molecule has 1 aliphatic carbocycles. The summed E-state index contributed by atoms with van der Waals surface area (Å²) in [6.45, 7) is 2.79. The number of methoxy groups -OCH3 is 1. The van der Waals surface area contributed by atoms with E-state index in [0.29, 0.717) is 13.0 Å². The van der Waals surface area contributed by atoms with Crippen LogP contribution in [0.4, 0.5) is 11.4 Å². The standard InChI is InChI=1S/C29H30N2O3/c1-3-16-34-23-14-10-20(11-15-23)29-28-26(30-24-6-4-5-7-25(24)31-29)17-21(18-27(28)32)19-8-12-22(33-2)13-9-19/h4-15,21,29-31H,3,16-18H2,1-2H3. The third kappa shape index (κ3) is 4.38. The first kappa shape index (κ1) is 22.1. The smallest absolute Gasteiger partial charge is 0.163 e. The molecule has 0 fully saturated rings. The van der Waals surface area contributed by atoms with Crippen LogP contribution >= 0.6 is 0 Å². The summed E-state index contributed by atoms with van der Waals surface area (Å²) in [7, 11) is 1.67. The number of carbonyl (C=O) groups excluding carboxylic acids is 1. The number of ketones is 1. The first-order valence-electron chi connectivity index (χ1n) is 11.9. The topological polar surface area (TPSA) is 59.6 Å². The van der Waals surface area contributed by atoms with Gasteiger partial charge in [-0.2, -0.15) is 0 Å². The molecule has 0 amide bonds. The lowest BCUT2D eigenvalue weighted by Gasteiger charge is -2.30. The maximum Gasteiger partial charge on any atom is 0.163 e. The van der Waals surface area contributed by atoms with E-state index in [1.54, 1.807) is 7.11 Å². The van der Waals surface area contributed by atoms with Gasteiger partial charge in [0.1, 0.15) is 11.5 Å². The quantitative estimate of drug-likeness (QED) is 0.447. The molecule has 2 atom stereocenters. The van der Waals surface area contributed by atoms with Crippen molar-refractivity contribution in [3.63, 3.8) is 0 Å². The van der Waals surface area contributed by atoms with Crippen molar-refractivity contribution in [1.29, 1.82) is 0 Å². The highest BCUT2D eigenvalue weighted by Crippen LogP contribution is 2.44. The molecule has 1 heterocycles. The van der Waals surface area contributed by atoms with Crippen LogP contribution in [0, 0.1) is 0 Å². The van der Waals surface area contributed by atoms with Crippen LogP contribution in [0.1, 0.15) is 49.3 Å². The number of ether oxygens (including phenoxy) is 2. The van der Waals surface area contributed by atoms with Crippen molar-refractivity contribution in [2.75, 3.05) is 24.4 Å². The summed E-state index contributed by atoms with van der Waals surface area (Å²) in [6.07, 6.45) is 2.23. The van der Waals surface area contributed by atoms with Gasteiger partial charge in [0.2, 0.25) is 0 Å². The predicted octanol–water partition coefficient (Wildman–Crippen LogP) is 6.46. The minimum absolute atomic E-state index is 0.125. The highest BCUT2D eigenvalue weighted by molar-refractivity contribution is 6.01.